The first-order valence-electron chi connectivity index (χ1n) is 7.84. The monoisotopic (exact) mass is 340 g/mol. The highest BCUT2D eigenvalue weighted by Gasteiger charge is 2.34. The van der Waals surface area contributed by atoms with Crippen LogP contribution in [0.15, 0.2) is 42.5 Å². The molecule has 0 aromatic heterocycles. The molecule has 0 aliphatic carbocycles. The lowest BCUT2D eigenvalue weighted by atomic mass is 10.1. The Labute approximate surface area is 146 Å². The highest BCUT2D eigenvalue weighted by Crippen LogP contribution is 2.42. The first-order valence-corrected chi connectivity index (χ1v) is 8.89. The molecule has 1 aliphatic rings. The van der Waals surface area contributed by atoms with Gasteiger partial charge in [0, 0.05) is 18.3 Å². The summed E-state index contributed by atoms with van der Waals surface area (Å²) in [6.07, 6.45) is 0. The Morgan fingerprint density at radius 3 is 2.67 bits per heavy atom. The molecule has 2 aromatic carbocycles. The fourth-order valence-electron chi connectivity index (χ4n) is 2.80. The molecule has 0 radical (unpaired) electrons. The molecule has 0 bridgehead atoms. The molecule has 2 amide bonds. The summed E-state index contributed by atoms with van der Waals surface area (Å²) in [5.41, 5.74) is 5.06. The summed E-state index contributed by atoms with van der Waals surface area (Å²) in [5, 5.41) is 2.72. The predicted octanol–water partition coefficient (Wildman–Crippen LogP) is 4.04. The van der Waals surface area contributed by atoms with E-state index in [0.29, 0.717) is 5.75 Å². The van der Waals surface area contributed by atoms with Crippen molar-refractivity contribution in [1.82, 2.24) is 0 Å². The molecule has 1 atom stereocenters. The number of thioether (sulfide) groups is 1. The SMILES string of the molecule is CC(=O)Nc1cccc([C@H]2SCC(=O)N2c2ccc(C)c(C)c2)c1. The maximum atomic E-state index is 12.5. The van der Waals surface area contributed by atoms with Crippen molar-refractivity contribution >= 4 is 35.0 Å². The summed E-state index contributed by atoms with van der Waals surface area (Å²) < 4.78 is 0. The van der Waals surface area contributed by atoms with E-state index in [-0.39, 0.29) is 17.2 Å². The van der Waals surface area contributed by atoms with Gasteiger partial charge in [-0.25, -0.2) is 0 Å². The lowest BCUT2D eigenvalue weighted by Gasteiger charge is -2.25. The van der Waals surface area contributed by atoms with Crippen LogP contribution >= 0.6 is 11.8 Å². The Morgan fingerprint density at radius 1 is 1.17 bits per heavy atom. The van der Waals surface area contributed by atoms with Crippen LogP contribution in [0.25, 0.3) is 0 Å². The van der Waals surface area contributed by atoms with Gasteiger partial charge in [0.2, 0.25) is 11.8 Å². The number of hydrogen-bond donors (Lipinski definition) is 1. The van der Waals surface area contributed by atoms with Crippen LogP contribution < -0.4 is 10.2 Å². The van der Waals surface area contributed by atoms with E-state index in [2.05, 4.69) is 25.2 Å². The third-order valence-electron chi connectivity index (χ3n) is 4.13. The molecule has 4 nitrogen and oxygen atoms in total. The van der Waals surface area contributed by atoms with Crippen molar-refractivity contribution in [2.75, 3.05) is 16.0 Å². The van der Waals surface area contributed by atoms with Crippen molar-refractivity contribution in [3.05, 3.63) is 59.2 Å². The number of carbonyl (C=O) groups is 2. The number of amides is 2. The summed E-state index contributed by atoms with van der Waals surface area (Å²) in [5.74, 6) is 0.466. The number of nitrogens with zero attached hydrogens (tertiary/aromatic N) is 1. The molecule has 1 saturated heterocycles. The first-order chi connectivity index (χ1) is 11.5. The van der Waals surface area contributed by atoms with Gasteiger partial charge in [0.15, 0.2) is 0 Å². The number of benzene rings is 2. The minimum absolute atomic E-state index is 0.0756. The molecule has 2 aromatic rings. The zero-order valence-electron chi connectivity index (χ0n) is 14.0. The van der Waals surface area contributed by atoms with Gasteiger partial charge < -0.3 is 5.32 Å². The predicted molar refractivity (Wildman–Crippen MR) is 99.3 cm³/mol. The molecule has 24 heavy (non-hydrogen) atoms. The number of aryl methyl sites for hydroxylation is 2. The fraction of sp³-hybridized carbons (Fsp3) is 0.263. The van der Waals surface area contributed by atoms with Gasteiger partial charge >= 0.3 is 0 Å². The summed E-state index contributed by atoms with van der Waals surface area (Å²) in [6.45, 7) is 5.61. The van der Waals surface area contributed by atoms with Crippen molar-refractivity contribution in [1.29, 1.82) is 0 Å². The normalized spacial score (nSPS) is 17.2. The minimum atomic E-state index is -0.103. The Kier molecular flexibility index (Phi) is 4.62. The van der Waals surface area contributed by atoms with Crippen LogP contribution in [0.3, 0.4) is 0 Å². The van der Waals surface area contributed by atoms with Crippen molar-refractivity contribution in [2.24, 2.45) is 0 Å². The van der Waals surface area contributed by atoms with Gasteiger partial charge in [-0.05, 0) is 54.8 Å². The second-order valence-electron chi connectivity index (χ2n) is 6.00. The van der Waals surface area contributed by atoms with E-state index in [1.165, 1.54) is 18.1 Å². The maximum absolute atomic E-state index is 12.5. The van der Waals surface area contributed by atoms with Crippen molar-refractivity contribution in [3.63, 3.8) is 0 Å². The molecule has 1 N–H and O–H groups in total. The molecule has 0 unspecified atom stereocenters. The van der Waals surface area contributed by atoms with Crippen molar-refractivity contribution < 1.29 is 9.59 Å². The summed E-state index contributed by atoms with van der Waals surface area (Å²) in [4.78, 5) is 25.6. The third-order valence-corrected chi connectivity index (χ3v) is 5.34. The van der Waals surface area contributed by atoms with E-state index >= 15 is 0 Å². The van der Waals surface area contributed by atoms with E-state index in [1.807, 2.05) is 41.3 Å². The number of hydrogen-bond acceptors (Lipinski definition) is 3. The molecular formula is C19H20N2O2S. The zero-order valence-corrected chi connectivity index (χ0v) is 14.8. The minimum Gasteiger partial charge on any atom is -0.326 e. The fourth-order valence-corrected chi connectivity index (χ4v) is 3.97. The average Bonchev–Trinajstić information content (AvgIpc) is 2.91. The highest BCUT2D eigenvalue weighted by atomic mass is 32.2. The molecule has 1 fully saturated rings. The lowest BCUT2D eigenvalue weighted by Crippen LogP contribution is -2.28. The van der Waals surface area contributed by atoms with Gasteiger partial charge in [-0.2, -0.15) is 0 Å². The van der Waals surface area contributed by atoms with Gasteiger partial charge in [0.1, 0.15) is 5.37 Å². The van der Waals surface area contributed by atoms with Gasteiger partial charge in [0.25, 0.3) is 0 Å². The van der Waals surface area contributed by atoms with Crippen LogP contribution in [0.5, 0.6) is 0 Å². The Hall–Kier alpha value is -2.27. The van der Waals surface area contributed by atoms with Crippen molar-refractivity contribution in [3.8, 4) is 0 Å². The molecule has 0 spiro atoms. The number of anilines is 2. The van der Waals surface area contributed by atoms with Gasteiger partial charge in [0.05, 0.1) is 5.75 Å². The second-order valence-corrected chi connectivity index (χ2v) is 7.07. The van der Waals surface area contributed by atoms with E-state index in [4.69, 9.17) is 0 Å². The number of carbonyl (C=O) groups excluding carboxylic acids is 2. The molecule has 1 heterocycles. The van der Waals surface area contributed by atoms with Crippen LogP contribution in [0.1, 0.15) is 29.0 Å². The Balaban J connectivity index is 1.96. The maximum Gasteiger partial charge on any atom is 0.238 e. The smallest absolute Gasteiger partial charge is 0.238 e. The molecular weight excluding hydrogens is 320 g/mol. The summed E-state index contributed by atoms with van der Waals surface area (Å²) >= 11 is 1.61. The number of rotatable bonds is 3. The number of nitrogens with one attached hydrogen (secondary N) is 1. The van der Waals surface area contributed by atoms with Gasteiger partial charge in [-0.1, -0.05) is 18.2 Å². The zero-order chi connectivity index (χ0) is 17.3. The van der Waals surface area contributed by atoms with E-state index in [9.17, 15) is 9.59 Å². The highest BCUT2D eigenvalue weighted by molar-refractivity contribution is 8.00. The Morgan fingerprint density at radius 2 is 1.96 bits per heavy atom. The standard InChI is InChI=1S/C19H20N2O2S/c1-12-7-8-17(9-13(12)2)21-18(23)11-24-19(21)15-5-4-6-16(10-15)20-14(3)22/h4-10,19H,11H2,1-3H3,(H,20,22)/t19-/m1/s1. The van der Waals surface area contributed by atoms with Crippen LogP contribution in [0.2, 0.25) is 0 Å². The third kappa shape index (κ3) is 3.31. The average molecular weight is 340 g/mol. The van der Waals surface area contributed by atoms with Gasteiger partial charge in [-0.3, -0.25) is 14.5 Å². The second kappa shape index (κ2) is 6.69. The lowest BCUT2D eigenvalue weighted by molar-refractivity contribution is -0.116. The summed E-state index contributed by atoms with van der Waals surface area (Å²) in [6, 6.07) is 13.8. The first kappa shape index (κ1) is 16.6. The van der Waals surface area contributed by atoms with Crippen LogP contribution in [0.4, 0.5) is 11.4 Å². The quantitative estimate of drug-likeness (QED) is 0.917. The Bertz CT molecular complexity index is 804. The van der Waals surface area contributed by atoms with Crippen LogP contribution in [0, 0.1) is 13.8 Å². The molecule has 3 rings (SSSR count). The van der Waals surface area contributed by atoms with Gasteiger partial charge in [-0.15, -0.1) is 11.8 Å². The van der Waals surface area contributed by atoms with E-state index in [1.54, 1.807) is 11.8 Å². The summed E-state index contributed by atoms with van der Waals surface area (Å²) in [7, 11) is 0. The molecule has 1 aliphatic heterocycles. The van der Waals surface area contributed by atoms with E-state index in [0.717, 1.165) is 16.9 Å². The molecule has 0 saturated carbocycles. The topological polar surface area (TPSA) is 49.4 Å². The van der Waals surface area contributed by atoms with Crippen LogP contribution in [-0.4, -0.2) is 17.6 Å². The largest absolute Gasteiger partial charge is 0.326 e. The van der Waals surface area contributed by atoms with Crippen LogP contribution in [-0.2, 0) is 9.59 Å². The van der Waals surface area contributed by atoms with Crippen molar-refractivity contribution in [2.45, 2.75) is 26.1 Å². The van der Waals surface area contributed by atoms with E-state index < -0.39 is 0 Å². The molecule has 5 heteroatoms. The molecule has 124 valence electrons.